The van der Waals surface area contributed by atoms with Gasteiger partial charge in [0.1, 0.15) is 5.75 Å². The number of carbonyl (C=O) groups is 1. The third-order valence-corrected chi connectivity index (χ3v) is 9.91. The van der Waals surface area contributed by atoms with Gasteiger partial charge in [-0.05, 0) is 74.2 Å². The molecule has 0 saturated carbocycles. The van der Waals surface area contributed by atoms with E-state index in [9.17, 15) is 9.90 Å². The minimum absolute atomic E-state index is 0.0395. The second-order valence-electron chi connectivity index (χ2n) is 9.98. The topological polar surface area (TPSA) is 74.6 Å². The van der Waals surface area contributed by atoms with Gasteiger partial charge in [-0.1, -0.05) is 42.1 Å². The fraction of sp³-hybridized carbons (Fsp3) is 0.500. The number of halogens is 2. The number of carbonyl (C=O) groups excluding carboxylic acids is 1. The highest BCUT2D eigenvalue weighted by Gasteiger charge is 2.32. The van der Waals surface area contributed by atoms with Crippen LogP contribution in [0.4, 0.5) is 0 Å². The standard InChI is InChI=1S/C28H33Br2N3O4S/c29-23-15-21(22(25(30)26(23)34)16-37-18-32-10-12-36-13-11-32)24-17-38-27(31-24)28(35)33-8-6-20(7-9-33)14-19-4-2-1-3-5-19/h1-5,15,20,24,34H,6-14,16-18H2. The predicted octanol–water partition coefficient (Wildman–Crippen LogP) is 5.39. The molecule has 1 amide bonds. The van der Waals surface area contributed by atoms with E-state index in [1.165, 1.54) is 17.3 Å². The second kappa shape index (κ2) is 13.3. The van der Waals surface area contributed by atoms with Gasteiger partial charge in [-0.25, -0.2) is 0 Å². The van der Waals surface area contributed by atoms with Gasteiger partial charge in [-0.2, -0.15) is 0 Å². The van der Waals surface area contributed by atoms with E-state index >= 15 is 0 Å². The van der Waals surface area contributed by atoms with Gasteiger partial charge in [0.2, 0.25) is 0 Å². The Bertz CT molecular complexity index is 1150. The molecule has 10 heteroatoms. The molecular formula is C28H33Br2N3O4S. The monoisotopic (exact) mass is 665 g/mol. The molecule has 0 bridgehead atoms. The number of amides is 1. The summed E-state index contributed by atoms with van der Waals surface area (Å²) in [4.78, 5) is 22.4. The number of morpholine rings is 1. The number of aliphatic imine (C=N–C) groups is 1. The van der Waals surface area contributed by atoms with Crippen molar-refractivity contribution in [2.24, 2.45) is 10.9 Å². The zero-order chi connectivity index (χ0) is 26.5. The fourth-order valence-electron chi connectivity index (χ4n) is 5.19. The SMILES string of the molecule is O=C(C1=NC(c2cc(Br)c(O)c(Br)c2COCN2CCOCC2)CS1)N1CCC(Cc2ccccc2)CC1. The molecule has 2 aromatic carbocycles. The van der Waals surface area contributed by atoms with Crippen molar-refractivity contribution < 1.29 is 19.4 Å². The molecule has 2 aromatic rings. The summed E-state index contributed by atoms with van der Waals surface area (Å²) in [7, 11) is 0. The van der Waals surface area contributed by atoms with Crippen LogP contribution in [-0.4, -0.2) is 77.7 Å². The van der Waals surface area contributed by atoms with Crippen LogP contribution in [0.1, 0.15) is 35.6 Å². The Hall–Kier alpha value is -1.43. The maximum Gasteiger partial charge on any atom is 0.278 e. The molecule has 3 aliphatic rings. The number of hydrogen-bond acceptors (Lipinski definition) is 7. The maximum absolute atomic E-state index is 13.3. The van der Waals surface area contributed by atoms with Gasteiger partial charge < -0.3 is 19.5 Å². The van der Waals surface area contributed by atoms with E-state index in [1.807, 2.05) is 11.0 Å². The van der Waals surface area contributed by atoms with E-state index in [0.717, 1.165) is 56.6 Å². The first-order chi connectivity index (χ1) is 18.5. The second-order valence-corrected chi connectivity index (χ2v) is 12.6. The van der Waals surface area contributed by atoms with E-state index < -0.39 is 0 Å². The molecule has 7 nitrogen and oxygen atoms in total. The molecule has 1 atom stereocenters. The Morgan fingerprint density at radius 1 is 1.13 bits per heavy atom. The molecule has 1 N–H and O–H groups in total. The minimum Gasteiger partial charge on any atom is -0.506 e. The van der Waals surface area contributed by atoms with Crippen LogP contribution < -0.4 is 0 Å². The van der Waals surface area contributed by atoms with Crippen LogP contribution in [0.15, 0.2) is 50.3 Å². The lowest BCUT2D eigenvalue weighted by Gasteiger charge is -2.32. The third-order valence-electron chi connectivity index (χ3n) is 7.42. The maximum atomic E-state index is 13.3. The van der Waals surface area contributed by atoms with Gasteiger partial charge in [-0.3, -0.25) is 14.7 Å². The van der Waals surface area contributed by atoms with Crippen LogP contribution in [-0.2, 0) is 27.3 Å². The summed E-state index contributed by atoms with van der Waals surface area (Å²) in [5.41, 5.74) is 3.19. The first-order valence-electron chi connectivity index (χ1n) is 13.1. The largest absolute Gasteiger partial charge is 0.506 e. The summed E-state index contributed by atoms with van der Waals surface area (Å²) in [5, 5.41) is 11.1. The number of ether oxygens (including phenoxy) is 2. The Labute approximate surface area is 245 Å². The van der Waals surface area contributed by atoms with Gasteiger partial charge in [0.15, 0.2) is 5.04 Å². The van der Waals surface area contributed by atoms with Crippen molar-refractivity contribution in [2.45, 2.75) is 31.9 Å². The van der Waals surface area contributed by atoms with Crippen LogP contribution in [0.3, 0.4) is 0 Å². The van der Waals surface area contributed by atoms with Crippen molar-refractivity contribution in [3.05, 3.63) is 62.0 Å². The van der Waals surface area contributed by atoms with Gasteiger partial charge >= 0.3 is 0 Å². The van der Waals surface area contributed by atoms with E-state index in [-0.39, 0.29) is 17.7 Å². The lowest BCUT2D eigenvalue weighted by molar-refractivity contribution is -0.125. The van der Waals surface area contributed by atoms with E-state index in [0.29, 0.717) is 52.2 Å². The molecule has 5 rings (SSSR count). The summed E-state index contributed by atoms with van der Waals surface area (Å²) in [5.74, 6) is 1.48. The summed E-state index contributed by atoms with van der Waals surface area (Å²) in [6, 6.07) is 12.3. The zero-order valence-corrected chi connectivity index (χ0v) is 25.3. The highest BCUT2D eigenvalue weighted by Crippen LogP contribution is 2.43. The Morgan fingerprint density at radius 3 is 2.61 bits per heavy atom. The van der Waals surface area contributed by atoms with Crippen molar-refractivity contribution in [1.82, 2.24) is 9.80 Å². The summed E-state index contributed by atoms with van der Waals surface area (Å²) in [6.45, 7) is 5.51. The normalized spacial score (nSPS) is 21.1. The van der Waals surface area contributed by atoms with Crippen molar-refractivity contribution >= 4 is 54.6 Å². The number of thioether (sulfide) groups is 1. The highest BCUT2D eigenvalue weighted by atomic mass is 79.9. The van der Waals surface area contributed by atoms with Gasteiger partial charge in [0, 0.05) is 37.5 Å². The van der Waals surface area contributed by atoms with E-state index in [1.54, 1.807) is 0 Å². The summed E-state index contributed by atoms with van der Waals surface area (Å²) < 4.78 is 12.6. The van der Waals surface area contributed by atoms with Crippen LogP contribution in [0.5, 0.6) is 5.75 Å². The number of likely N-dealkylation sites (tertiary alicyclic amines) is 1. The molecule has 0 radical (unpaired) electrons. The fourth-order valence-corrected chi connectivity index (χ4v) is 7.48. The number of phenolic OH excluding ortho intramolecular Hbond substituents is 1. The molecule has 2 fully saturated rings. The molecule has 0 aliphatic carbocycles. The minimum atomic E-state index is -0.176. The van der Waals surface area contributed by atoms with Crippen LogP contribution in [0.25, 0.3) is 0 Å². The molecule has 3 heterocycles. The van der Waals surface area contributed by atoms with Crippen LogP contribution in [0, 0.1) is 5.92 Å². The van der Waals surface area contributed by atoms with Crippen molar-refractivity contribution in [3.8, 4) is 5.75 Å². The third kappa shape index (κ3) is 6.82. The van der Waals surface area contributed by atoms with Gasteiger partial charge in [0.25, 0.3) is 5.91 Å². The number of nitrogens with zero attached hydrogens (tertiary/aromatic N) is 3. The molecule has 3 aliphatic heterocycles. The van der Waals surface area contributed by atoms with Crippen LogP contribution in [0.2, 0.25) is 0 Å². The molecule has 38 heavy (non-hydrogen) atoms. The molecule has 1 unspecified atom stereocenters. The smallest absolute Gasteiger partial charge is 0.278 e. The van der Waals surface area contributed by atoms with Crippen molar-refractivity contribution in [3.63, 3.8) is 0 Å². The number of rotatable bonds is 8. The number of phenols is 1. The van der Waals surface area contributed by atoms with Crippen molar-refractivity contribution in [1.29, 1.82) is 0 Å². The Kier molecular flexibility index (Phi) is 9.83. The number of hydrogen-bond donors (Lipinski definition) is 1. The first-order valence-corrected chi connectivity index (χ1v) is 15.7. The highest BCUT2D eigenvalue weighted by molar-refractivity contribution is 9.11. The number of aromatic hydroxyl groups is 1. The zero-order valence-electron chi connectivity index (χ0n) is 21.3. The molecule has 2 saturated heterocycles. The average molecular weight is 667 g/mol. The average Bonchev–Trinajstić information content (AvgIpc) is 3.44. The quantitative estimate of drug-likeness (QED) is 0.407. The first kappa shape index (κ1) is 28.1. The molecule has 0 spiro atoms. The van der Waals surface area contributed by atoms with E-state index in [4.69, 9.17) is 14.5 Å². The van der Waals surface area contributed by atoms with Crippen molar-refractivity contribution in [2.75, 3.05) is 51.9 Å². The molecule has 0 aromatic heterocycles. The molecular weight excluding hydrogens is 634 g/mol. The Balaban J connectivity index is 1.22. The lowest BCUT2D eigenvalue weighted by atomic mass is 9.90. The lowest BCUT2D eigenvalue weighted by Crippen LogP contribution is -2.41. The van der Waals surface area contributed by atoms with E-state index in [2.05, 4.69) is 67.1 Å². The summed E-state index contributed by atoms with van der Waals surface area (Å²) >= 11 is 8.56. The van der Waals surface area contributed by atoms with Gasteiger partial charge in [-0.15, -0.1) is 0 Å². The number of piperidine rings is 1. The predicted molar refractivity (Wildman–Crippen MR) is 158 cm³/mol. The Morgan fingerprint density at radius 2 is 1.87 bits per heavy atom. The van der Waals surface area contributed by atoms with Crippen LogP contribution >= 0.6 is 43.6 Å². The summed E-state index contributed by atoms with van der Waals surface area (Å²) in [6.07, 6.45) is 3.11. The molecule has 204 valence electrons. The van der Waals surface area contributed by atoms with Gasteiger partial charge in [0.05, 0.1) is 41.5 Å². The number of benzene rings is 2.